The molecule has 0 radical (unpaired) electrons. The average Bonchev–Trinajstić information content (AvgIpc) is 2.52. The monoisotopic (exact) mass is 454 g/mol. The van der Waals surface area contributed by atoms with E-state index in [1.54, 1.807) is 36.4 Å². The first-order valence-electron chi connectivity index (χ1n) is 7.11. The van der Waals surface area contributed by atoms with Gasteiger partial charge in [-0.2, -0.15) is 0 Å². The summed E-state index contributed by atoms with van der Waals surface area (Å²) in [6.07, 6.45) is 0. The first kappa shape index (κ1) is 18.4. The minimum absolute atomic E-state index is 0.290. The molecule has 0 heterocycles. The predicted molar refractivity (Wildman–Crippen MR) is 102 cm³/mol. The highest BCUT2D eigenvalue weighted by atomic mass is 79.9. The van der Waals surface area contributed by atoms with Crippen LogP contribution in [0, 0.1) is 0 Å². The molecule has 2 rings (SSSR count). The van der Waals surface area contributed by atoms with Gasteiger partial charge in [-0.3, -0.25) is 4.79 Å². The number of carbonyl (C=O) groups excluding carboxylic acids is 2. The van der Waals surface area contributed by atoms with Crippen molar-refractivity contribution in [1.29, 1.82) is 0 Å². The van der Waals surface area contributed by atoms with E-state index in [-0.39, 0.29) is 5.91 Å². The molecule has 2 aromatic carbocycles. The van der Waals surface area contributed by atoms with Crippen LogP contribution in [-0.2, 0) is 0 Å². The van der Waals surface area contributed by atoms with Gasteiger partial charge in [-0.25, -0.2) is 4.79 Å². The summed E-state index contributed by atoms with van der Waals surface area (Å²) in [4.78, 5) is 24.3. The Morgan fingerprint density at radius 1 is 1.00 bits per heavy atom. The Morgan fingerprint density at radius 3 is 2.33 bits per heavy atom. The minimum atomic E-state index is -0.445. The van der Waals surface area contributed by atoms with Gasteiger partial charge < -0.3 is 21.7 Å². The normalized spacial score (nSPS) is 10.1. The molecule has 0 fully saturated rings. The number of nitrogens with two attached hydrogens (primary N) is 1. The molecule has 0 aromatic heterocycles. The van der Waals surface area contributed by atoms with Gasteiger partial charge in [0.2, 0.25) is 0 Å². The first-order chi connectivity index (χ1) is 11.5. The molecule has 0 saturated heterocycles. The van der Waals surface area contributed by atoms with Gasteiger partial charge in [-0.15, -0.1) is 0 Å². The summed E-state index contributed by atoms with van der Waals surface area (Å²) in [6.45, 7) is 0.713. The number of urea groups is 1. The molecule has 0 aliphatic carbocycles. The van der Waals surface area contributed by atoms with Crippen molar-refractivity contribution in [2.75, 3.05) is 23.7 Å². The highest BCUT2D eigenvalue weighted by Crippen LogP contribution is 2.23. The summed E-state index contributed by atoms with van der Waals surface area (Å²) in [6, 6.07) is 11.7. The van der Waals surface area contributed by atoms with E-state index in [1.165, 1.54) is 0 Å². The molecule has 0 aliphatic rings. The summed E-state index contributed by atoms with van der Waals surface area (Å²) in [5, 5.41) is 8.08. The second-order valence-electron chi connectivity index (χ2n) is 4.83. The first-order valence-corrected chi connectivity index (χ1v) is 8.69. The number of halogens is 2. The lowest BCUT2D eigenvalue weighted by Gasteiger charge is -2.12. The molecule has 0 saturated carbocycles. The molecule has 0 unspecified atom stereocenters. The predicted octanol–water partition coefficient (Wildman–Crippen LogP) is 3.54. The minimum Gasteiger partial charge on any atom is -0.351 e. The van der Waals surface area contributed by atoms with E-state index >= 15 is 0 Å². The van der Waals surface area contributed by atoms with Gasteiger partial charge >= 0.3 is 6.03 Å². The zero-order chi connectivity index (χ0) is 17.5. The molecule has 0 spiro atoms. The lowest BCUT2D eigenvalue weighted by molar-refractivity contribution is 0.0955. The Labute approximate surface area is 156 Å². The van der Waals surface area contributed by atoms with Crippen molar-refractivity contribution in [1.82, 2.24) is 5.32 Å². The van der Waals surface area contributed by atoms with Crippen LogP contribution >= 0.6 is 31.9 Å². The average molecular weight is 456 g/mol. The molecule has 5 N–H and O–H groups in total. The Hall–Kier alpha value is -1.90. The smallest absolute Gasteiger partial charge is 0.323 e. The van der Waals surface area contributed by atoms with E-state index in [4.69, 9.17) is 5.73 Å². The second-order valence-corrected chi connectivity index (χ2v) is 6.66. The van der Waals surface area contributed by atoms with Crippen molar-refractivity contribution < 1.29 is 9.59 Å². The maximum atomic E-state index is 12.2. The molecule has 8 heteroatoms. The third-order valence-electron chi connectivity index (χ3n) is 2.97. The van der Waals surface area contributed by atoms with Crippen LogP contribution in [0.15, 0.2) is 51.4 Å². The van der Waals surface area contributed by atoms with Crippen LogP contribution in [0.25, 0.3) is 0 Å². The molecule has 6 nitrogen and oxygen atoms in total. The van der Waals surface area contributed by atoms with Gasteiger partial charge in [0.15, 0.2) is 0 Å². The van der Waals surface area contributed by atoms with Crippen LogP contribution < -0.4 is 21.7 Å². The van der Waals surface area contributed by atoms with E-state index < -0.39 is 6.03 Å². The van der Waals surface area contributed by atoms with Gasteiger partial charge in [0.1, 0.15) is 0 Å². The molecule has 0 atom stereocenters. The molecule has 0 aliphatic heterocycles. The van der Waals surface area contributed by atoms with Crippen molar-refractivity contribution in [3.8, 4) is 0 Å². The summed E-state index contributed by atoms with van der Waals surface area (Å²) >= 11 is 6.72. The Kier molecular flexibility index (Phi) is 6.77. The molecule has 0 bridgehead atoms. The zero-order valence-corrected chi connectivity index (χ0v) is 15.8. The molecular formula is C16H16Br2N4O2. The van der Waals surface area contributed by atoms with Crippen molar-refractivity contribution in [3.63, 3.8) is 0 Å². The highest BCUT2D eigenvalue weighted by Gasteiger charge is 2.12. The molecule has 126 valence electrons. The summed E-state index contributed by atoms with van der Waals surface area (Å²) in [5.74, 6) is -0.290. The highest BCUT2D eigenvalue weighted by molar-refractivity contribution is 9.11. The lowest BCUT2D eigenvalue weighted by atomic mass is 10.1. The number of benzene rings is 2. The molecular weight excluding hydrogens is 440 g/mol. The maximum absolute atomic E-state index is 12.2. The number of nitrogens with one attached hydrogen (secondary N) is 3. The fraction of sp³-hybridized carbons (Fsp3) is 0.125. The fourth-order valence-corrected chi connectivity index (χ4v) is 3.28. The van der Waals surface area contributed by atoms with E-state index in [0.717, 1.165) is 8.95 Å². The van der Waals surface area contributed by atoms with E-state index in [2.05, 4.69) is 47.8 Å². The Bertz CT molecular complexity index is 732. The van der Waals surface area contributed by atoms with Gasteiger partial charge in [0.25, 0.3) is 5.91 Å². The van der Waals surface area contributed by atoms with Crippen molar-refractivity contribution in [2.24, 2.45) is 5.73 Å². The maximum Gasteiger partial charge on any atom is 0.323 e. The van der Waals surface area contributed by atoms with Crippen LogP contribution in [0.2, 0.25) is 0 Å². The van der Waals surface area contributed by atoms with Crippen molar-refractivity contribution in [3.05, 3.63) is 57.0 Å². The SMILES string of the molecule is NCCNC(=O)c1ccccc1NC(=O)Nc1cc(Br)cc(Br)c1. The third-order valence-corrected chi connectivity index (χ3v) is 3.89. The lowest BCUT2D eigenvalue weighted by Crippen LogP contribution is -2.30. The van der Waals surface area contributed by atoms with Gasteiger partial charge in [-0.05, 0) is 30.3 Å². The Morgan fingerprint density at radius 2 is 1.67 bits per heavy atom. The van der Waals surface area contributed by atoms with E-state index in [0.29, 0.717) is 30.0 Å². The molecule has 2 aromatic rings. The van der Waals surface area contributed by atoms with Gasteiger partial charge in [-0.1, -0.05) is 44.0 Å². The van der Waals surface area contributed by atoms with E-state index in [1.807, 2.05) is 6.07 Å². The topological polar surface area (TPSA) is 96.2 Å². The summed E-state index contributed by atoms with van der Waals surface area (Å²) in [7, 11) is 0. The number of para-hydroxylation sites is 1. The van der Waals surface area contributed by atoms with Crippen molar-refractivity contribution >= 4 is 55.2 Å². The van der Waals surface area contributed by atoms with E-state index in [9.17, 15) is 9.59 Å². The van der Waals surface area contributed by atoms with Crippen LogP contribution in [0.4, 0.5) is 16.2 Å². The number of amides is 3. The molecule has 3 amide bonds. The summed E-state index contributed by atoms with van der Waals surface area (Å²) in [5.41, 5.74) is 6.78. The quantitative estimate of drug-likeness (QED) is 0.555. The second kappa shape index (κ2) is 8.81. The van der Waals surface area contributed by atoms with Crippen LogP contribution in [0.1, 0.15) is 10.4 Å². The number of hydrogen-bond donors (Lipinski definition) is 4. The number of anilines is 2. The molecule has 24 heavy (non-hydrogen) atoms. The van der Waals surface area contributed by atoms with Crippen LogP contribution in [0.5, 0.6) is 0 Å². The van der Waals surface area contributed by atoms with Crippen molar-refractivity contribution in [2.45, 2.75) is 0 Å². The third kappa shape index (κ3) is 5.33. The van der Waals surface area contributed by atoms with Crippen LogP contribution in [0.3, 0.4) is 0 Å². The van der Waals surface area contributed by atoms with Gasteiger partial charge in [0, 0.05) is 27.7 Å². The standard InChI is InChI=1S/C16H16Br2N4O2/c17-10-7-11(18)9-12(8-10)21-16(24)22-14-4-2-1-3-13(14)15(23)20-6-5-19/h1-4,7-9H,5-6,19H2,(H,20,23)(H2,21,22,24). The van der Waals surface area contributed by atoms with Gasteiger partial charge in [0.05, 0.1) is 11.3 Å². The fourth-order valence-electron chi connectivity index (χ4n) is 1.98. The van der Waals surface area contributed by atoms with Crippen LogP contribution in [-0.4, -0.2) is 25.0 Å². The largest absolute Gasteiger partial charge is 0.351 e. The Balaban J connectivity index is 2.10. The number of rotatable bonds is 5. The zero-order valence-electron chi connectivity index (χ0n) is 12.6. The summed E-state index contributed by atoms with van der Waals surface area (Å²) < 4.78 is 1.66. The number of carbonyl (C=O) groups is 2. The number of hydrogen-bond acceptors (Lipinski definition) is 3.